The number of nitrogens with one attached hydrogen (secondary N) is 1. The molecule has 130 valence electrons. The first-order valence-electron chi connectivity index (χ1n) is 8.62. The van der Waals surface area contributed by atoms with Gasteiger partial charge in [0.05, 0.1) is 6.04 Å². The van der Waals surface area contributed by atoms with E-state index in [4.69, 9.17) is 10.8 Å². The van der Waals surface area contributed by atoms with Crippen molar-refractivity contribution in [2.24, 2.45) is 4.99 Å². The van der Waals surface area contributed by atoms with E-state index in [1.54, 1.807) is 13.1 Å². The van der Waals surface area contributed by atoms with Gasteiger partial charge in [0.15, 0.2) is 0 Å². The molecule has 0 saturated carbocycles. The molecular weight excluding hydrogens is 327 g/mol. The Hall–Kier alpha value is -3.06. The van der Waals surface area contributed by atoms with Crippen LogP contribution in [-0.4, -0.2) is 18.4 Å². The van der Waals surface area contributed by atoms with Gasteiger partial charge in [0, 0.05) is 53.4 Å². The zero-order valence-electron chi connectivity index (χ0n) is 14.6. The summed E-state index contributed by atoms with van der Waals surface area (Å²) in [4.78, 5) is 3.85. The average Bonchev–Trinajstić information content (AvgIpc) is 3.07. The average molecular weight is 346 g/mol. The third-order valence-electron chi connectivity index (χ3n) is 4.87. The third kappa shape index (κ3) is 2.66. The first-order chi connectivity index (χ1) is 12.6. The molecular formula is C22H19FN2O. The summed E-state index contributed by atoms with van der Waals surface area (Å²) < 4.78 is 19.8. The van der Waals surface area contributed by atoms with E-state index in [1.165, 1.54) is 5.56 Å². The topological polar surface area (TPSA) is 37.5 Å². The number of halogens is 1. The van der Waals surface area contributed by atoms with Crippen LogP contribution in [0.15, 0.2) is 57.6 Å². The van der Waals surface area contributed by atoms with Gasteiger partial charge in [-0.25, -0.2) is 9.38 Å². The fraction of sp³-hybridized carbons (Fsp3) is 0.227. The molecule has 1 aliphatic heterocycles. The lowest BCUT2D eigenvalue weighted by molar-refractivity contribution is 0.359. The van der Waals surface area contributed by atoms with Crippen molar-refractivity contribution in [3.05, 3.63) is 65.1 Å². The monoisotopic (exact) mass is 346 g/mol. The lowest BCUT2D eigenvalue weighted by atomic mass is 10.0. The molecule has 2 aliphatic rings. The molecule has 4 rings (SSSR count). The number of rotatable bonds is 3. The van der Waals surface area contributed by atoms with E-state index in [1.807, 2.05) is 30.5 Å². The van der Waals surface area contributed by atoms with E-state index in [9.17, 15) is 4.39 Å². The number of aliphatic imine (C=N–C) groups is 1. The highest BCUT2D eigenvalue weighted by molar-refractivity contribution is 5.95. The maximum Gasteiger partial charge on any atom is 0.138 e. The Balaban J connectivity index is 1.78. The molecule has 1 aliphatic carbocycles. The number of benzene rings is 1. The lowest BCUT2D eigenvalue weighted by Crippen LogP contribution is -2.23. The maximum absolute atomic E-state index is 13.5. The van der Waals surface area contributed by atoms with Crippen molar-refractivity contribution in [2.75, 3.05) is 0 Å². The van der Waals surface area contributed by atoms with Crippen LogP contribution in [0.5, 0.6) is 0 Å². The second kappa shape index (κ2) is 6.34. The molecule has 1 aromatic carbocycles. The number of nitrogens with zero attached hydrogens (tertiary/aromatic N) is 1. The van der Waals surface area contributed by atoms with Crippen LogP contribution >= 0.6 is 0 Å². The number of terminal acetylenes is 1. The van der Waals surface area contributed by atoms with E-state index in [0.29, 0.717) is 6.42 Å². The summed E-state index contributed by atoms with van der Waals surface area (Å²) in [5, 5.41) is 4.47. The van der Waals surface area contributed by atoms with Crippen molar-refractivity contribution in [3.8, 4) is 12.5 Å². The van der Waals surface area contributed by atoms with Crippen molar-refractivity contribution in [1.29, 1.82) is 0 Å². The van der Waals surface area contributed by atoms with Crippen LogP contribution in [0.3, 0.4) is 0 Å². The van der Waals surface area contributed by atoms with Crippen molar-refractivity contribution < 1.29 is 8.81 Å². The van der Waals surface area contributed by atoms with Crippen molar-refractivity contribution >= 4 is 22.8 Å². The molecule has 2 unspecified atom stereocenters. The molecule has 0 saturated heterocycles. The van der Waals surface area contributed by atoms with Crippen LogP contribution in [0, 0.1) is 12.5 Å². The number of para-hydroxylation sites is 1. The Morgan fingerprint density at radius 2 is 2.38 bits per heavy atom. The summed E-state index contributed by atoms with van der Waals surface area (Å²) >= 11 is 0. The second-order valence-corrected chi connectivity index (χ2v) is 6.72. The quantitative estimate of drug-likeness (QED) is 0.663. The molecule has 0 spiro atoms. The number of alkyl halides is 1. The minimum atomic E-state index is -0.908. The number of hydrogen-bond acceptors (Lipinski definition) is 3. The molecule has 2 atom stereocenters. The van der Waals surface area contributed by atoms with Crippen LogP contribution in [-0.2, 0) is 12.8 Å². The molecule has 26 heavy (non-hydrogen) atoms. The first-order valence-corrected chi connectivity index (χ1v) is 8.62. The zero-order chi connectivity index (χ0) is 18.3. The van der Waals surface area contributed by atoms with Crippen LogP contribution in [0.2, 0.25) is 0 Å². The van der Waals surface area contributed by atoms with Crippen molar-refractivity contribution in [1.82, 2.24) is 5.32 Å². The minimum Gasteiger partial charge on any atom is -0.456 e. The predicted molar refractivity (Wildman–Crippen MR) is 104 cm³/mol. The van der Waals surface area contributed by atoms with Gasteiger partial charge in [-0.3, -0.25) is 0 Å². The Bertz CT molecular complexity index is 1030. The summed E-state index contributed by atoms with van der Waals surface area (Å²) in [5.41, 5.74) is 5.58. The molecule has 1 N–H and O–H groups in total. The standard InChI is InChI=1S/C22H19FN2O/c1-4-24-11-16-12-25-20-10-18-17-7-5-6-15(9-14(3)23)21(17)26-22(18)19(20)8-13(16)2/h1,5-8,11-12,14,20,25H,2,9-10H2,3H3. The second-order valence-electron chi connectivity index (χ2n) is 6.72. The Labute approximate surface area is 152 Å². The maximum atomic E-state index is 13.5. The highest BCUT2D eigenvalue weighted by atomic mass is 19.1. The Morgan fingerprint density at radius 1 is 1.54 bits per heavy atom. The molecule has 4 heteroatoms. The fourth-order valence-electron chi connectivity index (χ4n) is 3.70. The van der Waals surface area contributed by atoms with E-state index >= 15 is 0 Å². The number of fused-ring (bicyclic) bond motifs is 5. The van der Waals surface area contributed by atoms with Gasteiger partial charge in [-0.05, 0) is 24.1 Å². The summed E-state index contributed by atoms with van der Waals surface area (Å²) in [5.74, 6) is 0.862. The highest BCUT2D eigenvalue weighted by Gasteiger charge is 2.33. The summed E-state index contributed by atoms with van der Waals surface area (Å²) in [7, 11) is 0. The molecule has 0 amide bonds. The predicted octanol–water partition coefficient (Wildman–Crippen LogP) is 4.35. The molecule has 2 heterocycles. The summed E-state index contributed by atoms with van der Waals surface area (Å²) in [6.07, 6.45) is 11.0. The fourth-order valence-corrected chi connectivity index (χ4v) is 3.70. The SMILES string of the molecule is C#CN=CC1=CNC2Cc3c(oc4c(CC(C)F)cccc34)C2=CC1=C. The van der Waals surface area contributed by atoms with Gasteiger partial charge in [0.25, 0.3) is 0 Å². The van der Waals surface area contributed by atoms with Crippen LogP contribution in [0.25, 0.3) is 16.5 Å². The normalized spacial score (nSPS) is 20.0. The van der Waals surface area contributed by atoms with Crippen LogP contribution in [0.1, 0.15) is 23.8 Å². The zero-order valence-corrected chi connectivity index (χ0v) is 14.6. The molecule has 0 radical (unpaired) electrons. The number of furan rings is 1. The van der Waals surface area contributed by atoms with Crippen molar-refractivity contribution in [3.63, 3.8) is 0 Å². The van der Waals surface area contributed by atoms with Crippen LogP contribution < -0.4 is 5.32 Å². The smallest absolute Gasteiger partial charge is 0.138 e. The highest BCUT2D eigenvalue weighted by Crippen LogP contribution is 2.42. The van der Waals surface area contributed by atoms with Gasteiger partial charge in [0.1, 0.15) is 17.5 Å². The summed E-state index contributed by atoms with van der Waals surface area (Å²) in [6, 6.07) is 8.32. The lowest BCUT2D eigenvalue weighted by Gasteiger charge is -2.11. The third-order valence-corrected chi connectivity index (χ3v) is 4.87. The van der Waals surface area contributed by atoms with Gasteiger partial charge in [-0.2, -0.15) is 0 Å². The van der Waals surface area contributed by atoms with Gasteiger partial charge in [0.2, 0.25) is 0 Å². The molecule has 0 fully saturated rings. The number of allylic oxidation sites excluding steroid dienone is 3. The Morgan fingerprint density at radius 3 is 3.15 bits per heavy atom. The van der Waals surface area contributed by atoms with E-state index in [-0.39, 0.29) is 6.04 Å². The minimum absolute atomic E-state index is 0.116. The van der Waals surface area contributed by atoms with Gasteiger partial charge >= 0.3 is 0 Å². The molecule has 0 bridgehead atoms. The van der Waals surface area contributed by atoms with Gasteiger partial charge < -0.3 is 9.73 Å². The Kier molecular flexibility index (Phi) is 4.00. The largest absolute Gasteiger partial charge is 0.456 e. The van der Waals surface area contributed by atoms with E-state index in [0.717, 1.165) is 45.4 Å². The summed E-state index contributed by atoms with van der Waals surface area (Å²) in [6.45, 7) is 5.68. The van der Waals surface area contributed by atoms with Crippen molar-refractivity contribution in [2.45, 2.75) is 32.0 Å². The molecule has 3 nitrogen and oxygen atoms in total. The molecule has 2 aromatic rings. The molecule has 1 aromatic heterocycles. The van der Waals surface area contributed by atoms with Gasteiger partial charge in [-0.15, -0.1) is 0 Å². The van der Waals surface area contributed by atoms with E-state index in [2.05, 4.69) is 22.9 Å². The first kappa shape index (κ1) is 16.4. The van der Waals surface area contributed by atoms with Gasteiger partial charge in [-0.1, -0.05) is 31.2 Å². The van der Waals surface area contributed by atoms with Crippen LogP contribution in [0.4, 0.5) is 4.39 Å². The van der Waals surface area contributed by atoms with E-state index < -0.39 is 6.17 Å². The number of hydrogen-bond donors (Lipinski definition) is 1.